The molecule has 5 nitrogen and oxygen atoms in total. The molecule has 2 aromatic rings. The second-order valence-electron chi connectivity index (χ2n) is 5.39. The molecule has 24 heavy (non-hydrogen) atoms. The molecular formula is C19H19N3O2. The first kappa shape index (κ1) is 15.9. The molecule has 2 heterocycles. The second kappa shape index (κ2) is 7.08. The summed E-state index contributed by atoms with van der Waals surface area (Å²) >= 11 is 0. The SMILES string of the molecule is CCOC(=O)C1=C(C)NC(c2ccccn2)=NC1c1ccccc1. The minimum absolute atomic E-state index is 0.327. The Labute approximate surface area is 141 Å². The minimum Gasteiger partial charge on any atom is -0.463 e. The van der Waals surface area contributed by atoms with Gasteiger partial charge in [-0.05, 0) is 31.5 Å². The van der Waals surface area contributed by atoms with E-state index in [4.69, 9.17) is 9.73 Å². The quantitative estimate of drug-likeness (QED) is 0.879. The zero-order chi connectivity index (χ0) is 16.9. The molecule has 122 valence electrons. The summed E-state index contributed by atoms with van der Waals surface area (Å²) in [5.41, 5.74) is 2.94. The number of carbonyl (C=O) groups excluding carboxylic acids is 1. The maximum absolute atomic E-state index is 12.4. The zero-order valence-electron chi connectivity index (χ0n) is 13.7. The lowest BCUT2D eigenvalue weighted by molar-refractivity contribution is -0.138. The molecule has 0 spiro atoms. The van der Waals surface area contributed by atoms with Crippen molar-refractivity contribution in [1.29, 1.82) is 0 Å². The van der Waals surface area contributed by atoms with E-state index in [1.165, 1.54) is 0 Å². The van der Waals surface area contributed by atoms with Gasteiger partial charge in [-0.15, -0.1) is 0 Å². The summed E-state index contributed by atoms with van der Waals surface area (Å²) in [5, 5.41) is 3.19. The van der Waals surface area contributed by atoms with Crippen molar-refractivity contribution in [2.75, 3.05) is 6.61 Å². The summed E-state index contributed by atoms with van der Waals surface area (Å²) in [6.45, 7) is 3.98. The molecular weight excluding hydrogens is 302 g/mol. The summed E-state index contributed by atoms with van der Waals surface area (Å²) in [5.74, 6) is 0.301. The molecule has 0 amide bonds. The number of nitrogens with zero attached hydrogens (tertiary/aromatic N) is 2. The molecule has 1 atom stereocenters. The molecule has 5 heteroatoms. The van der Waals surface area contributed by atoms with Gasteiger partial charge in [0.25, 0.3) is 0 Å². The highest BCUT2D eigenvalue weighted by atomic mass is 16.5. The number of benzene rings is 1. The largest absolute Gasteiger partial charge is 0.463 e. The van der Waals surface area contributed by atoms with Crippen LogP contribution in [0.4, 0.5) is 0 Å². The predicted molar refractivity (Wildman–Crippen MR) is 92.4 cm³/mol. The van der Waals surface area contributed by atoms with E-state index in [1.54, 1.807) is 13.1 Å². The molecule has 0 saturated carbocycles. The Morgan fingerprint density at radius 1 is 1.17 bits per heavy atom. The van der Waals surface area contributed by atoms with Crippen LogP contribution in [0.15, 0.2) is 71.0 Å². The smallest absolute Gasteiger partial charge is 0.338 e. The van der Waals surface area contributed by atoms with E-state index in [0.29, 0.717) is 18.0 Å². The first-order chi connectivity index (χ1) is 11.7. The number of allylic oxidation sites excluding steroid dienone is 1. The first-order valence-electron chi connectivity index (χ1n) is 7.89. The van der Waals surface area contributed by atoms with E-state index in [-0.39, 0.29) is 5.97 Å². The van der Waals surface area contributed by atoms with E-state index >= 15 is 0 Å². The third kappa shape index (κ3) is 3.20. The van der Waals surface area contributed by atoms with Gasteiger partial charge in [0.05, 0.1) is 12.2 Å². The van der Waals surface area contributed by atoms with Gasteiger partial charge in [0.1, 0.15) is 11.7 Å². The Bertz CT molecular complexity index is 783. The second-order valence-corrected chi connectivity index (χ2v) is 5.39. The average Bonchev–Trinajstić information content (AvgIpc) is 2.62. The van der Waals surface area contributed by atoms with Gasteiger partial charge in [0.15, 0.2) is 5.84 Å². The van der Waals surface area contributed by atoms with Gasteiger partial charge < -0.3 is 10.1 Å². The highest BCUT2D eigenvalue weighted by molar-refractivity contribution is 6.02. The first-order valence-corrected chi connectivity index (χ1v) is 7.89. The number of aliphatic imine (C=N–C) groups is 1. The van der Waals surface area contributed by atoms with Crippen molar-refractivity contribution < 1.29 is 9.53 Å². The number of rotatable bonds is 4. The standard InChI is InChI=1S/C19H19N3O2/c1-3-24-19(23)16-13(2)21-18(15-11-7-8-12-20-15)22-17(16)14-9-5-4-6-10-14/h4-12,17H,3H2,1-2H3,(H,21,22). The fraction of sp³-hybridized carbons (Fsp3) is 0.211. The highest BCUT2D eigenvalue weighted by Crippen LogP contribution is 2.31. The summed E-state index contributed by atoms with van der Waals surface area (Å²) in [6, 6.07) is 15.0. The number of ether oxygens (including phenoxy) is 1. The van der Waals surface area contributed by atoms with Crippen molar-refractivity contribution in [2.24, 2.45) is 4.99 Å². The van der Waals surface area contributed by atoms with Crippen LogP contribution in [-0.4, -0.2) is 23.4 Å². The normalized spacial score (nSPS) is 17.1. The highest BCUT2D eigenvalue weighted by Gasteiger charge is 2.30. The Morgan fingerprint density at radius 2 is 1.92 bits per heavy atom. The van der Waals surface area contributed by atoms with Gasteiger partial charge in [-0.2, -0.15) is 0 Å². The van der Waals surface area contributed by atoms with Crippen LogP contribution < -0.4 is 5.32 Å². The lowest BCUT2D eigenvalue weighted by atomic mass is 9.96. The number of aromatic nitrogens is 1. The van der Waals surface area contributed by atoms with Crippen molar-refractivity contribution in [3.8, 4) is 0 Å². The number of hydrogen-bond donors (Lipinski definition) is 1. The van der Waals surface area contributed by atoms with Gasteiger partial charge in [-0.3, -0.25) is 9.98 Å². The molecule has 1 aromatic carbocycles. The summed E-state index contributed by atoms with van der Waals surface area (Å²) in [4.78, 5) is 21.5. The summed E-state index contributed by atoms with van der Waals surface area (Å²) in [6.07, 6.45) is 1.72. The van der Waals surface area contributed by atoms with Crippen LogP contribution in [0.5, 0.6) is 0 Å². The fourth-order valence-electron chi connectivity index (χ4n) is 2.66. The number of amidine groups is 1. The topological polar surface area (TPSA) is 63.6 Å². The van der Waals surface area contributed by atoms with E-state index in [0.717, 1.165) is 17.0 Å². The van der Waals surface area contributed by atoms with Crippen LogP contribution in [0.2, 0.25) is 0 Å². The number of hydrogen-bond acceptors (Lipinski definition) is 5. The Balaban J connectivity index is 2.06. The molecule has 0 aliphatic carbocycles. The Kier molecular flexibility index (Phi) is 4.70. The number of esters is 1. The van der Waals surface area contributed by atoms with E-state index in [1.807, 2.05) is 55.5 Å². The van der Waals surface area contributed by atoms with Gasteiger partial charge in [-0.25, -0.2) is 4.79 Å². The number of pyridine rings is 1. The van der Waals surface area contributed by atoms with Crippen LogP contribution in [0.25, 0.3) is 0 Å². The maximum atomic E-state index is 12.4. The Morgan fingerprint density at radius 3 is 2.58 bits per heavy atom. The lowest BCUT2D eigenvalue weighted by Crippen LogP contribution is -2.33. The van der Waals surface area contributed by atoms with E-state index in [2.05, 4.69) is 10.3 Å². The third-order valence-electron chi connectivity index (χ3n) is 3.76. The summed E-state index contributed by atoms with van der Waals surface area (Å²) in [7, 11) is 0. The van der Waals surface area contributed by atoms with Crippen molar-refractivity contribution in [3.63, 3.8) is 0 Å². The monoisotopic (exact) mass is 321 g/mol. The number of carbonyl (C=O) groups is 1. The molecule has 1 aromatic heterocycles. The fourth-order valence-corrected chi connectivity index (χ4v) is 2.66. The minimum atomic E-state index is -0.413. The van der Waals surface area contributed by atoms with Gasteiger partial charge in [-0.1, -0.05) is 36.4 Å². The van der Waals surface area contributed by atoms with Gasteiger partial charge >= 0.3 is 5.97 Å². The van der Waals surface area contributed by atoms with Gasteiger partial charge in [0, 0.05) is 11.9 Å². The molecule has 0 radical (unpaired) electrons. The molecule has 0 saturated heterocycles. The molecule has 1 aliphatic rings. The lowest BCUT2D eigenvalue weighted by Gasteiger charge is -2.25. The van der Waals surface area contributed by atoms with Crippen LogP contribution in [0.1, 0.15) is 31.1 Å². The molecule has 1 N–H and O–H groups in total. The molecule has 3 rings (SSSR count). The van der Waals surface area contributed by atoms with Crippen molar-refractivity contribution >= 4 is 11.8 Å². The average molecular weight is 321 g/mol. The van der Waals surface area contributed by atoms with Crippen LogP contribution in [0, 0.1) is 0 Å². The predicted octanol–water partition coefficient (Wildman–Crippen LogP) is 3.01. The van der Waals surface area contributed by atoms with Gasteiger partial charge in [0.2, 0.25) is 0 Å². The van der Waals surface area contributed by atoms with Crippen LogP contribution in [-0.2, 0) is 9.53 Å². The Hall–Kier alpha value is -2.95. The molecule has 1 unspecified atom stereocenters. The third-order valence-corrected chi connectivity index (χ3v) is 3.76. The van der Waals surface area contributed by atoms with Crippen LogP contribution >= 0.6 is 0 Å². The van der Waals surface area contributed by atoms with Crippen LogP contribution in [0.3, 0.4) is 0 Å². The summed E-state index contributed by atoms with van der Waals surface area (Å²) < 4.78 is 5.22. The van der Waals surface area contributed by atoms with E-state index < -0.39 is 6.04 Å². The molecule has 0 fully saturated rings. The van der Waals surface area contributed by atoms with Crippen molar-refractivity contribution in [1.82, 2.24) is 10.3 Å². The van der Waals surface area contributed by atoms with Crippen molar-refractivity contribution in [3.05, 3.63) is 77.3 Å². The van der Waals surface area contributed by atoms with E-state index in [9.17, 15) is 4.79 Å². The maximum Gasteiger partial charge on any atom is 0.338 e. The van der Waals surface area contributed by atoms with Crippen molar-refractivity contribution in [2.45, 2.75) is 19.9 Å². The molecule has 1 aliphatic heterocycles. The number of nitrogens with one attached hydrogen (secondary N) is 1. The molecule has 0 bridgehead atoms. The zero-order valence-corrected chi connectivity index (χ0v) is 13.7.